The molecule has 0 amide bonds. The highest BCUT2D eigenvalue weighted by molar-refractivity contribution is 5.39. The largest absolute Gasteiger partial charge is 0.388 e. The Kier molecular flexibility index (Phi) is 3.74. The number of ether oxygens (including phenoxy) is 1. The molecule has 0 atom stereocenters. The van der Waals surface area contributed by atoms with Crippen molar-refractivity contribution in [2.45, 2.75) is 25.0 Å². The molecular formula is C15H21N3O2. The van der Waals surface area contributed by atoms with E-state index in [4.69, 9.17) is 4.74 Å². The Morgan fingerprint density at radius 3 is 3.00 bits per heavy atom. The van der Waals surface area contributed by atoms with E-state index in [-0.39, 0.29) is 0 Å². The molecule has 108 valence electrons. The van der Waals surface area contributed by atoms with Crippen LogP contribution in [0.4, 0.5) is 0 Å². The number of rotatable bonds is 4. The third kappa shape index (κ3) is 2.85. The number of aliphatic hydroxyl groups is 1. The Morgan fingerprint density at radius 2 is 2.20 bits per heavy atom. The molecule has 0 saturated carbocycles. The summed E-state index contributed by atoms with van der Waals surface area (Å²) in [5, 5.41) is 10.5. The smallest absolute Gasteiger partial charge is 0.136 e. The predicted molar refractivity (Wildman–Crippen MR) is 76.5 cm³/mol. The number of hydrogen-bond donors (Lipinski definition) is 1. The van der Waals surface area contributed by atoms with E-state index in [9.17, 15) is 5.11 Å². The standard InChI is InChI=1S/C15H21N3O2/c1-17(12-15(19)5-8-20-9-6-15)11-13-10-16-14-4-2-3-7-18(13)14/h2-4,7,10,19H,5-6,8-9,11-12H2,1H3. The van der Waals surface area contributed by atoms with Gasteiger partial charge in [0.1, 0.15) is 5.65 Å². The second-order valence-electron chi connectivity index (χ2n) is 5.69. The molecule has 0 aliphatic carbocycles. The Labute approximate surface area is 118 Å². The lowest BCUT2D eigenvalue weighted by Gasteiger charge is -2.35. The molecule has 1 saturated heterocycles. The summed E-state index contributed by atoms with van der Waals surface area (Å²) in [4.78, 5) is 6.54. The molecule has 1 aliphatic rings. The first-order valence-corrected chi connectivity index (χ1v) is 7.06. The molecule has 1 fully saturated rings. The maximum Gasteiger partial charge on any atom is 0.136 e. The topological polar surface area (TPSA) is 50.0 Å². The van der Waals surface area contributed by atoms with E-state index < -0.39 is 5.60 Å². The quantitative estimate of drug-likeness (QED) is 0.914. The van der Waals surface area contributed by atoms with E-state index in [0.29, 0.717) is 32.6 Å². The van der Waals surface area contributed by atoms with Crippen molar-refractivity contribution in [2.24, 2.45) is 0 Å². The fourth-order valence-corrected chi connectivity index (χ4v) is 2.85. The summed E-state index contributed by atoms with van der Waals surface area (Å²) >= 11 is 0. The lowest BCUT2D eigenvalue weighted by Crippen LogP contribution is -2.45. The van der Waals surface area contributed by atoms with Gasteiger partial charge in [-0.25, -0.2) is 4.98 Å². The summed E-state index contributed by atoms with van der Waals surface area (Å²) in [6.45, 7) is 2.74. The van der Waals surface area contributed by atoms with Crippen LogP contribution in [0.25, 0.3) is 5.65 Å². The lowest BCUT2D eigenvalue weighted by molar-refractivity contribution is -0.0778. The molecule has 3 heterocycles. The van der Waals surface area contributed by atoms with Crippen LogP contribution in [0, 0.1) is 0 Å². The van der Waals surface area contributed by atoms with Crippen molar-refractivity contribution in [3.8, 4) is 0 Å². The van der Waals surface area contributed by atoms with E-state index in [1.807, 2.05) is 37.6 Å². The van der Waals surface area contributed by atoms with Crippen LogP contribution >= 0.6 is 0 Å². The van der Waals surface area contributed by atoms with Gasteiger partial charge in [-0.1, -0.05) is 6.07 Å². The molecule has 2 aromatic rings. The maximum atomic E-state index is 10.5. The third-order valence-electron chi connectivity index (χ3n) is 3.91. The lowest BCUT2D eigenvalue weighted by atomic mass is 9.94. The van der Waals surface area contributed by atoms with E-state index in [0.717, 1.165) is 17.9 Å². The van der Waals surface area contributed by atoms with Crippen LogP contribution in [-0.2, 0) is 11.3 Å². The number of nitrogens with zero attached hydrogens (tertiary/aromatic N) is 3. The third-order valence-corrected chi connectivity index (χ3v) is 3.91. The van der Waals surface area contributed by atoms with Gasteiger partial charge in [0, 0.05) is 45.3 Å². The minimum Gasteiger partial charge on any atom is -0.388 e. The highest BCUT2D eigenvalue weighted by atomic mass is 16.5. The summed E-state index contributed by atoms with van der Waals surface area (Å²) in [6.07, 6.45) is 5.35. The van der Waals surface area contributed by atoms with Crippen LogP contribution in [0.3, 0.4) is 0 Å². The van der Waals surface area contributed by atoms with Gasteiger partial charge < -0.3 is 14.2 Å². The summed E-state index contributed by atoms with van der Waals surface area (Å²) < 4.78 is 7.41. The highest BCUT2D eigenvalue weighted by Crippen LogP contribution is 2.22. The van der Waals surface area contributed by atoms with Crippen molar-refractivity contribution in [3.05, 3.63) is 36.3 Å². The van der Waals surface area contributed by atoms with Crippen LogP contribution < -0.4 is 0 Å². The summed E-state index contributed by atoms with van der Waals surface area (Å²) in [7, 11) is 2.04. The second kappa shape index (κ2) is 5.52. The first-order chi connectivity index (χ1) is 9.66. The first kappa shape index (κ1) is 13.5. The fourth-order valence-electron chi connectivity index (χ4n) is 2.85. The molecule has 2 aromatic heterocycles. The zero-order chi connectivity index (χ0) is 14.0. The Morgan fingerprint density at radius 1 is 1.40 bits per heavy atom. The zero-order valence-electron chi connectivity index (χ0n) is 11.8. The van der Waals surface area contributed by atoms with Crippen LogP contribution in [0.15, 0.2) is 30.6 Å². The SMILES string of the molecule is CN(Cc1cnc2ccccn12)CC1(O)CCOCC1. The number of likely N-dealkylation sites (N-methyl/N-ethyl adjacent to an activating group) is 1. The number of imidazole rings is 1. The minimum absolute atomic E-state index is 0.618. The van der Waals surface area contributed by atoms with Crippen LogP contribution in [0.2, 0.25) is 0 Å². The molecular weight excluding hydrogens is 254 g/mol. The van der Waals surface area contributed by atoms with E-state index in [1.165, 1.54) is 0 Å². The summed E-state index contributed by atoms with van der Waals surface area (Å²) in [6, 6.07) is 5.99. The van der Waals surface area contributed by atoms with Gasteiger partial charge in [-0.15, -0.1) is 0 Å². The van der Waals surface area contributed by atoms with Gasteiger partial charge in [-0.05, 0) is 19.2 Å². The zero-order valence-corrected chi connectivity index (χ0v) is 11.8. The van der Waals surface area contributed by atoms with Crippen molar-refractivity contribution in [2.75, 3.05) is 26.8 Å². The summed E-state index contributed by atoms with van der Waals surface area (Å²) in [5.41, 5.74) is 1.48. The van der Waals surface area contributed by atoms with Gasteiger partial charge in [0.2, 0.25) is 0 Å². The average molecular weight is 275 g/mol. The maximum absolute atomic E-state index is 10.5. The predicted octanol–water partition coefficient (Wildman–Crippen LogP) is 1.31. The monoisotopic (exact) mass is 275 g/mol. The van der Waals surface area contributed by atoms with E-state index >= 15 is 0 Å². The van der Waals surface area contributed by atoms with Gasteiger partial charge in [-0.2, -0.15) is 0 Å². The number of hydrogen-bond acceptors (Lipinski definition) is 4. The van der Waals surface area contributed by atoms with Crippen LogP contribution in [0.1, 0.15) is 18.5 Å². The van der Waals surface area contributed by atoms with Crippen molar-refractivity contribution < 1.29 is 9.84 Å². The normalized spacial score (nSPS) is 18.8. The second-order valence-corrected chi connectivity index (χ2v) is 5.69. The van der Waals surface area contributed by atoms with Gasteiger partial charge in [0.15, 0.2) is 0 Å². The molecule has 0 aromatic carbocycles. The molecule has 0 spiro atoms. The molecule has 1 N–H and O–H groups in total. The van der Waals surface area contributed by atoms with Crippen molar-refractivity contribution in [1.82, 2.24) is 14.3 Å². The molecule has 5 heteroatoms. The fraction of sp³-hybridized carbons (Fsp3) is 0.533. The molecule has 1 aliphatic heterocycles. The molecule has 20 heavy (non-hydrogen) atoms. The van der Waals surface area contributed by atoms with Gasteiger partial charge in [0.05, 0.1) is 17.5 Å². The Balaban J connectivity index is 1.68. The van der Waals surface area contributed by atoms with Crippen molar-refractivity contribution in [3.63, 3.8) is 0 Å². The molecule has 0 unspecified atom stereocenters. The molecule has 0 bridgehead atoms. The molecule has 0 radical (unpaired) electrons. The molecule has 3 rings (SSSR count). The van der Waals surface area contributed by atoms with E-state index in [2.05, 4.69) is 14.3 Å². The van der Waals surface area contributed by atoms with E-state index in [1.54, 1.807) is 0 Å². The highest BCUT2D eigenvalue weighted by Gasteiger charge is 2.31. The number of aromatic nitrogens is 2. The van der Waals surface area contributed by atoms with Gasteiger partial charge in [-0.3, -0.25) is 4.90 Å². The van der Waals surface area contributed by atoms with Crippen molar-refractivity contribution in [1.29, 1.82) is 0 Å². The number of fused-ring (bicyclic) bond motifs is 1. The molecule has 5 nitrogen and oxygen atoms in total. The number of pyridine rings is 1. The minimum atomic E-state index is -0.618. The first-order valence-electron chi connectivity index (χ1n) is 7.06. The Bertz CT molecular complexity index is 575. The van der Waals surface area contributed by atoms with Gasteiger partial charge in [0.25, 0.3) is 0 Å². The Hall–Kier alpha value is -1.43. The van der Waals surface area contributed by atoms with Crippen molar-refractivity contribution >= 4 is 5.65 Å². The van der Waals surface area contributed by atoms with Crippen LogP contribution in [-0.4, -0.2) is 51.8 Å². The average Bonchev–Trinajstić information content (AvgIpc) is 2.82. The van der Waals surface area contributed by atoms with Crippen LogP contribution in [0.5, 0.6) is 0 Å². The summed E-state index contributed by atoms with van der Waals surface area (Å²) in [5.74, 6) is 0. The van der Waals surface area contributed by atoms with Gasteiger partial charge >= 0.3 is 0 Å².